The molecule has 8 nitrogen and oxygen atoms in total. The van der Waals surface area contributed by atoms with Crippen molar-refractivity contribution in [3.05, 3.63) is 99.6 Å². The van der Waals surface area contributed by atoms with Gasteiger partial charge in [-0.3, -0.25) is 14.9 Å². The Morgan fingerprint density at radius 3 is 2.55 bits per heavy atom. The first kappa shape index (κ1) is 22.0. The molecule has 0 unspecified atom stereocenters. The lowest BCUT2D eigenvalue weighted by Crippen LogP contribution is -2.21. The van der Waals surface area contributed by atoms with Gasteiger partial charge in [-0.2, -0.15) is 5.10 Å². The van der Waals surface area contributed by atoms with E-state index >= 15 is 0 Å². The number of ether oxygens (including phenoxy) is 1. The van der Waals surface area contributed by atoms with Crippen LogP contribution in [0.2, 0.25) is 0 Å². The van der Waals surface area contributed by atoms with Gasteiger partial charge in [0.05, 0.1) is 16.7 Å². The third-order valence-corrected chi connectivity index (χ3v) is 5.41. The summed E-state index contributed by atoms with van der Waals surface area (Å²) in [6.07, 6.45) is 3.60. The number of nitro groups is 1. The highest BCUT2D eigenvalue weighted by molar-refractivity contribution is 5.98. The molecule has 1 N–H and O–H groups in total. The van der Waals surface area contributed by atoms with Crippen molar-refractivity contribution in [2.45, 2.75) is 19.4 Å². The highest BCUT2D eigenvalue weighted by atomic mass is 16.6. The van der Waals surface area contributed by atoms with Crippen molar-refractivity contribution < 1.29 is 14.5 Å². The summed E-state index contributed by atoms with van der Waals surface area (Å²) in [5, 5.41) is 15.3. The number of nitro benzene ring substituents is 1. The molecule has 1 aliphatic rings. The van der Waals surface area contributed by atoms with Crippen LogP contribution in [0.1, 0.15) is 34.3 Å². The number of para-hydroxylation sites is 1. The van der Waals surface area contributed by atoms with E-state index in [1.165, 1.54) is 18.3 Å². The molecule has 1 heterocycles. The van der Waals surface area contributed by atoms with Crippen LogP contribution in [0.15, 0.2) is 77.9 Å². The van der Waals surface area contributed by atoms with E-state index in [1.54, 1.807) is 30.3 Å². The highest BCUT2D eigenvalue weighted by Gasteiger charge is 2.18. The lowest BCUT2D eigenvalue weighted by atomic mass is 10.1. The Balaban J connectivity index is 1.48. The molecule has 0 aromatic heterocycles. The molecule has 3 aromatic rings. The van der Waals surface area contributed by atoms with Gasteiger partial charge < -0.3 is 9.64 Å². The van der Waals surface area contributed by atoms with Gasteiger partial charge in [-0.25, -0.2) is 5.43 Å². The first-order valence-electron chi connectivity index (χ1n) is 10.7. The van der Waals surface area contributed by atoms with Gasteiger partial charge in [0.15, 0.2) is 0 Å². The van der Waals surface area contributed by atoms with Crippen molar-refractivity contribution in [1.29, 1.82) is 0 Å². The zero-order valence-corrected chi connectivity index (χ0v) is 18.0. The molecule has 1 amide bonds. The first-order valence-corrected chi connectivity index (χ1v) is 10.7. The van der Waals surface area contributed by atoms with Crippen LogP contribution >= 0.6 is 0 Å². The lowest BCUT2D eigenvalue weighted by molar-refractivity contribution is -0.384. The van der Waals surface area contributed by atoms with Gasteiger partial charge in [-0.15, -0.1) is 0 Å². The second-order valence-electron chi connectivity index (χ2n) is 7.66. The molecule has 0 bridgehead atoms. The molecule has 0 saturated carbocycles. The van der Waals surface area contributed by atoms with Gasteiger partial charge in [-0.1, -0.05) is 42.5 Å². The molecule has 1 fully saturated rings. The second kappa shape index (κ2) is 10.4. The predicted molar refractivity (Wildman–Crippen MR) is 127 cm³/mol. The van der Waals surface area contributed by atoms with Gasteiger partial charge >= 0.3 is 0 Å². The standard InChI is InChI=1S/C25H24N4O4/c30-25(22-10-4-5-11-24(22)33-18-19-8-2-1-3-9-19)27-26-17-20-16-21(29(31)32)12-13-23(20)28-14-6-7-15-28/h1-5,8-13,16-17H,6-7,14-15,18H2,(H,27,30)/b26-17+. The fraction of sp³-hybridized carbons (Fsp3) is 0.200. The van der Waals surface area contributed by atoms with Crippen LogP contribution in [0.25, 0.3) is 0 Å². The van der Waals surface area contributed by atoms with Gasteiger partial charge in [-0.05, 0) is 36.6 Å². The highest BCUT2D eigenvalue weighted by Crippen LogP contribution is 2.27. The summed E-state index contributed by atoms with van der Waals surface area (Å²) in [6.45, 7) is 2.11. The van der Waals surface area contributed by atoms with Crippen LogP contribution in [0.5, 0.6) is 5.75 Å². The summed E-state index contributed by atoms with van der Waals surface area (Å²) in [6, 6.07) is 21.3. The summed E-state index contributed by atoms with van der Waals surface area (Å²) >= 11 is 0. The Morgan fingerprint density at radius 1 is 1.06 bits per heavy atom. The zero-order chi connectivity index (χ0) is 23.0. The Bertz CT molecular complexity index is 1160. The summed E-state index contributed by atoms with van der Waals surface area (Å²) < 4.78 is 5.84. The van der Waals surface area contributed by atoms with E-state index in [4.69, 9.17) is 4.74 Å². The maximum absolute atomic E-state index is 12.8. The number of anilines is 1. The summed E-state index contributed by atoms with van der Waals surface area (Å²) in [5.41, 5.74) is 5.28. The van der Waals surface area contributed by atoms with Crippen molar-refractivity contribution >= 4 is 23.5 Å². The van der Waals surface area contributed by atoms with Gasteiger partial charge in [0.1, 0.15) is 12.4 Å². The second-order valence-corrected chi connectivity index (χ2v) is 7.66. The number of hydrazone groups is 1. The first-order chi connectivity index (χ1) is 16.1. The fourth-order valence-electron chi connectivity index (χ4n) is 3.74. The summed E-state index contributed by atoms with van der Waals surface area (Å²) in [4.78, 5) is 25.7. The smallest absolute Gasteiger partial charge is 0.275 e. The Morgan fingerprint density at radius 2 is 1.79 bits per heavy atom. The normalized spacial score (nSPS) is 13.3. The molecule has 0 atom stereocenters. The molecule has 4 rings (SSSR count). The molecule has 3 aromatic carbocycles. The summed E-state index contributed by atoms with van der Waals surface area (Å²) in [5.74, 6) is 0.0187. The number of benzene rings is 3. The van der Waals surface area contributed by atoms with Crippen LogP contribution in [0.3, 0.4) is 0 Å². The largest absolute Gasteiger partial charge is 0.488 e. The number of hydrogen-bond donors (Lipinski definition) is 1. The van der Waals surface area contributed by atoms with Gasteiger partial charge in [0.25, 0.3) is 11.6 Å². The maximum Gasteiger partial charge on any atom is 0.275 e. The van der Waals surface area contributed by atoms with Crippen molar-refractivity contribution in [2.24, 2.45) is 5.10 Å². The number of nitrogens with one attached hydrogen (secondary N) is 1. The minimum Gasteiger partial charge on any atom is -0.488 e. The lowest BCUT2D eigenvalue weighted by Gasteiger charge is -2.19. The van der Waals surface area contributed by atoms with E-state index in [1.807, 2.05) is 30.3 Å². The molecule has 33 heavy (non-hydrogen) atoms. The predicted octanol–water partition coefficient (Wildman–Crippen LogP) is 4.54. The zero-order valence-electron chi connectivity index (χ0n) is 18.0. The fourth-order valence-corrected chi connectivity index (χ4v) is 3.74. The number of rotatable bonds is 8. The maximum atomic E-state index is 12.8. The third-order valence-electron chi connectivity index (χ3n) is 5.41. The van der Waals surface area contributed by atoms with E-state index in [0.29, 0.717) is 23.5 Å². The average Bonchev–Trinajstić information content (AvgIpc) is 3.38. The van der Waals surface area contributed by atoms with Crippen molar-refractivity contribution in [2.75, 3.05) is 18.0 Å². The quantitative estimate of drug-likeness (QED) is 0.313. The number of carbonyl (C=O) groups excluding carboxylic acids is 1. The molecule has 1 saturated heterocycles. The van der Waals surface area contributed by atoms with Crippen molar-refractivity contribution in [3.8, 4) is 5.75 Å². The Hall–Kier alpha value is -4.20. The molecule has 0 spiro atoms. The molecule has 8 heteroatoms. The van der Waals surface area contributed by atoms with E-state index in [0.717, 1.165) is 37.2 Å². The van der Waals surface area contributed by atoms with Crippen LogP contribution < -0.4 is 15.1 Å². The topological polar surface area (TPSA) is 97.1 Å². The number of carbonyl (C=O) groups is 1. The minimum atomic E-state index is -0.440. The Labute approximate surface area is 191 Å². The number of hydrogen-bond acceptors (Lipinski definition) is 6. The summed E-state index contributed by atoms with van der Waals surface area (Å²) in [7, 11) is 0. The number of amides is 1. The Kier molecular flexibility index (Phi) is 6.94. The van der Waals surface area contributed by atoms with Gasteiger partial charge in [0.2, 0.25) is 0 Å². The van der Waals surface area contributed by atoms with E-state index < -0.39 is 10.8 Å². The van der Waals surface area contributed by atoms with Crippen LogP contribution in [0.4, 0.5) is 11.4 Å². The van der Waals surface area contributed by atoms with Crippen LogP contribution in [-0.2, 0) is 6.61 Å². The minimum absolute atomic E-state index is 0.0228. The van der Waals surface area contributed by atoms with Crippen molar-refractivity contribution in [1.82, 2.24) is 5.43 Å². The van der Waals surface area contributed by atoms with E-state index in [2.05, 4.69) is 15.4 Å². The number of nitrogens with zero attached hydrogens (tertiary/aromatic N) is 3. The van der Waals surface area contributed by atoms with E-state index in [9.17, 15) is 14.9 Å². The molecule has 1 aliphatic heterocycles. The van der Waals surface area contributed by atoms with Crippen molar-refractivity contribution in [3.63, 3.8) is 0 Å². The third kappa shape index (κ3) is 5.54. The molecular weight excluding hydrogens is 420 g/mol. The van der Waals surface area contributed by atoms with Gasteiger partial charge in [0, 0.05) is 36.5 Å². The molecular formula is C25H24N4O4. The monoisotopic (exact) mass is 444 g/mol. The molecule has 168 valence electrons. The van der Waals surface area contributed by atoms with Crippen LogP contribution in [0, 0.1) is 10.1 Å². The van der Waals surface area contributed by atoms with E-state index in [-0.39, 0.29) is 5.69 Å². The van der Waals surface area contributed by atoms with Crippen LogP contribution in [-0.4, -0.2) is 30.1 Å². The molecule has 0 aliphatic carbocycles. The number of non-ortho nitro benzene ring substituents is 1. The average molecular weight is 444 g/mol. The SMILES string of the molecule is O=C(N/N=C/c1cc([N+](=O)[O-])ccc1N1CCCC1)c1ccccc1OCc1ccccc1. The molecule has 0 radical (unpaired) electrons.